The molecule has 0 spiro atoms. The van der Waals surface area contributed by atoms with Gasteiger partial charge in [0.1, 0.15) is 0 Å². The summed E-state index contributed by atoms with van der Waals surface area (Å²) < 4.78 is 0. The quantitative estimate of drug-likeness (QED) is 0.554. The lowest BCUT2D eigenvalue weighted by Crippen LogP contribution is -2.52. The van der Waals surface area contributed by atoms with E-state index in [1.165, 1.54) is 38.5 Å². The number of hydrogen-bond donors (Lipinski definition) is 3. The molecule has 0 unspecified atom stereocenters. The van der Waals surface area contributed by atoms with Crippen LogP contribution in [0.5, 0.6) is 0 Å². The van der Waals surface area contributed by atoms with Gasteiger partial charge in [0, 0.05) is 12.5 Å². The maximum absolute atomic E-state index is 11.9. The Morgan fingerprint density at radius 3 is 2.48 bits per heavy atom. The number of amides is 1. The first-order valence-corrected chi connectivity index (χ1v) is 8.82. The lowest BCUT2D eigenvalue weighted by atomic mass is 9.78. The summed E-state index contributed by atoms with van der Waals surface area (Å²) in [5, 5.41) is 3.90. The van der Waals surface area contributed by atoms with E-state index in [0.29, 0.717) is 29.4 Å². The third-order valence-corrected chi connectivity index (χ3v) is 5.51. The van der Waals surface area contributed by atoms with Crippen molar-refractivity contribution in [3.8, 4) is 0 Å². The number of hydrazine groups is 1. The molecule has 2 aliphatic rings. The van der Waals surface area contributed by atoms with E-state index in [4.69, 9.17) is 12.2 Å². The molecule has 2 saturated carbocycles. The van der Waals surface area contributed by atoms with Gasteiger partial charge in [-0.25, -0.2) is 0 Å². The number of carbonyl (C=O) groups excluding carboxylic acids is 1. The molecular weight excluding hydrogens is 282 g/mol. The topological polar surface area (TPSA) is 53.2 Å². The van der Waals surface area contributed by atoms with Gasteiger partial charge in [0.05, 0.1) is 0 Å². The highest BCUT2D eigenvalue weighted by atomic mass is 32.1. The van der Waals surface area contributed by atoms with Crippen LogP contribution < -0.4 is 16.2 Å². The Labute approximate surface area is 133 Å². The van der Waals surface area contributed by atoms with Crippen LogP contribution >= 0.6 is 12.2 Å². The van der Waals surface area contributed by atoms with Crippen LogP contribution in [0.4, 0.5) is 0 Å². The first kappa shape index (κ1) is 16.5. The molecule has 1 amide bonds. The van der Waals surface area contributed by atoms with Gasteiger partial charge in [-0.1, -0.05) is 39.5 Å². The molecule has 0 saturated heterocycles. The van der Waals surface area contributed by atoms with Crippen LogP contribution in [0.15, 0.2) is 0 Å². The molecule has 0 aromatic carbocycles. The highest BCUT2D eigenvalue weighted by molar-refractivity contribution is 7.80. The maximum Gasteiger partial charge on any atom is 0.238 e. The van der Waals surface area contributed by atoms with Crippen LogP contribution in [0.3, 0.4) is 0 Å². The van der Waals surface area contributed by atoms with Gasteiger partial charge >= 0.3 is 0 Å². The maximum atomic E-state index is 11.9. The number of nitrogens with one attached hydrogen (secondary N) is 3. The molecule has 2 rings (SSSR count). The first-order valence-electron chi connectivity index (χ1n) is 8.41. The molecule has 0 aliphatic heterocycles. The predicted molar refractivity (Wildman–Crippen MR) is 89.6 cm³/mol. The predicted octanol–water partition coefficient (Wildman–Crippen LogP) is 2.89. The molecule has 4 nitrogen and oxygen atoms in total. The fraction of sp³-hybridized carbons (Fsp3) is 0.875. The van der Waals surface area contributed by atoms with Gasteiger partial charge in [-0.3, -0.25) is 15.6 Å². The summed E-state index contributed by atoms with van der Waals surface area (Å²) in [6.07, 6.45) is 9.24. The lowest BCUT2D eigenvalue weighted by molar-refractivity contribution is -0.122. The summed E-state index contributed by atoms with van der Waals surface area (Å²) in [5.74, 6) is 1.97. The molecule has 2 aliphatic carbocycles. The van der Waals surface area contributed by atoms with Crippen molar-refractivity contribution in [2.45, 2.75) is 71.3 Å². The monoisotopic (exact) mass is 311 g/mol. The third kappa shape index (κ3) is 5.13. The number of hydrogen-bond acceptors (Lipinski definition) is 2. The summed E-state index contributed by atoms with van der Waals surface area (Å²) >= 11 is 5.29. The van der Waals surface area contributed by atoms with Crippen LogP contribution in [-0.2, 0) is 4.79 Å². The Morgan fingerprint density at radius 1 is 1.05 bits per heavy atom. The summed E-state index contributed by atoms with van der Waals surface area (Å²) in [6, 6.07) is 0.417. The third-order valence-electron chi connectivity index (χ3n) is 5.29. The van der Waals surface area contributed by atoms with Crippen molar-refractivity contribution in [3.63, 3.8) is 0 Å². The molecule has 0 bridgehead atoms. The normalized spacial score (nSPS) is 29.9. The van der Waals surface area contributed by atoms with Gasteiger partial charge in [0.2, 0.25) is 5.91 Å². The Morgan fingerprint density at radius 2 is 1.76 bits per heavy atom. The standard InChI is InChI=1S/C16H29N3OS/c1-11-6-5-9-14(12(11)2)17-16(21)19-18-15(20)10-13-7-3-4-8-13/h11-14H,3-10H2,1-2H3,(H,18,20)(H2,17,19,21)/t11-,12+,14-/m0/s1. The Balaban J connectivity index is 1.65. The Hall–Kier alpha value is -0.840. The fourth-order valence-electron chi connectivity index (χ4n) is 3.64. The van der Waals surface area contributed by atoms with Gasteiger partial charge in [-0.2, -0.15) is 0 Å². The van der Waals surface area contributed by atoms with E-state index in [2.05, 4.69) is 30.0 Å². The summed E-state index contributed by atoms with van der Waals surface area (Å²) in [4.78, 5) is 11.9. The molecule has 0 radical (unpaired) electrons. The summed E-state index contributed by atoms with van der Waals surface area (Å²) in [5.41, 5.74) is 5.59. The minimum absolute atomic E-state index is 0.0520. The molecule has 5 heteroatoms. The van der Waals surface area contributed by atoms with Gasteiger partial charge in [0.25, 0.3) is 0 Å². The highest BCUT2D eigenvalue weighted by Crippen LogP contribution is 2.29. The number of rotatable bonds is 3. The van der Waals surface area contributed by atoms with Crippen LogP contribution in [0.25, 0.3) is 0 Å². The van der Waals surface area contributed by atoms with Crippen molar-refractivity contribution in [2.75, 3.05) is 0 Å². The van der Waals surface area contributed by atoms with Crippen molar-refractivity contribution in [1.82, 2.24) is 16.2 Å². The van der Waals surface area contributed by atoms with Crippen molar-refractivity contribution in [2.24, 2.45) is 17.8 Å². The molecule has 3 N–H and O–H groups in total. The second-order valence-electron chi connectivity index (χ2n) is 6.88. The van der Waals surface area contributed by atoms with Crippen molar-refractivity contribution in [1.29, 1.82) is 0 Å². The van der Waals surface area contributed by atoms with Gasteiger partial charge in [-0.15, -0.1) is 0 Å². The largest absolute Gasteiger partial charge is 0.358 e. The minimum Gasteiger partial charge on any atom is -0.358 e. The highest BCUT2D eigenvalue weighted by Gasteiger charge is 2.27. The Bertz CT molecular complexity index is 369. The molecule has 2 fully saturated rings. The SMILES string of the molecule is C[C@H]1[C@@H](NC(=S)NNC(=O)CC2CCCC2)CCC[C@@H]1C. The molecule has 3 atom stereocenters. The molecule has 21 heavy (non-hydrogen) atoms. The van der Waals surface area contributed by atoms with Crippen LogP contribution in [-0.4, -0.2) is 17.1 Å². The van der Waals surface area contributed by atoms with Crippen molar-refractivity contribution < 1.29 is 4.79 Å². The van der Waals surface area contributed by atoms with E-state index < -0.39 is 0 Å². The zero-order valence-corrected chi connectivity index (χ0v) is 14.1. The van der Waals surface area contributed by atoms with Crippen molar-refractivity contribution in [3.05, 3.63) is 0 Å². The minimum atomic E-state index is 0.0520. The lowest BCUT2D eigenvalue weighted by Gasteiger charge is -2.35. The molecule has 120 valence electrons. The second kappa shape index (κ2) is 7.97. The summed E-state index contributed by atoms with van der Waals surface area (Å²) in [6.45, 7) is 4.58. The number of thiocarbonyl (C=S) groups is 1. The van der Waals surface area contributed by atoms with Crippen LogP contribution in [0.1, 0.15) is 65.2 Å². The van der Waals surface area contributed by atoms with E-state index in [1.54, 1.807) is 0 Å². The first-order chi connectivity index (χ1) is 10.1. The van der Waals surface area contributed by atoms with Crippen molar-refractivity contribution >= 4 is 23.2 Å². The van der Waals surface area contributed by atoms with E-state index in [1.807, 2.05) is 0 Å². The van der Waals surface area contributed by atoms with Gasteiger partial charge < -0.3 is 5.32 Å². The molecule has 0 heterocycles. The van der Waals surface area contributed by atoms with Crippen LogP contribution in [0, 0.1) is 17.8 Å². The van der Waals surface area contributed by atoms with E-state index >= 15 is 0 Å². The van der Waals surface area contributed by atoms with Crippen LogP contribution in [0.2, 0.25) is 0 Å². The smallest absolute Gasteiger partial charge is 0.238 e. The van der Waals surface area contributed by atoms with E-state index in [0.717, 1.165) is 12.3 Å². The number of carbonyl (C=O) groups is 1. The van der Waals surface area contributed by atoms with Gasteiger partial charge in [0.15, 0.2) is 5.11 Å². The molecule has 0 aromatic heterocycles. The second-order valence-corrected chi connectivity index (χ2v) is 7.28. The zero-order valence-electron chi connectivity index (χ0n) is 13.3. The Kier molecular flexibility index (Phi) is 6.27. The average Bonchev–Trinajstić information content (AvgIpc) is 2.94. The molecular formula is C16H29N3OS. The summed E-state index contributed by atoms with van der Waals surface area (Å²) in [7, 11) is 0. The van der Waals surface area contributed by atoms with E-state index in [-0.39, 0.29) is 5.91 Å². The average molecular weight is 311 g/mol. The molecule has 0 aromatic rings. The van der Waals surface area contributed by atoms with Gasteiger partial charge in [-0.05, 0) is 49.2 Å². The zero-order chi connectivity index (χ0) is 15.2. The van der Waals surface area contributed by atoms with E-state index in [9.17, 15) is 4.79 Å². The fourth-order valence-corrected chi connectivity index (χ4v) is 3.85.